The van der Waals surface area contributed by atoms with Crippen molar-refractivity contribution in [3.05, 3.63) is 65.2 Å². The fraction of sp³-hybridized carbons (Fsp3) is 0.176. The molecule has 0 N–H and O–H groups in total. The summed E-state index contributed by atoms with van der Waals surface area (Å²) in [4.78, 5) is 0. The van der Waals surface area contributed by atoms with E-state index >= 15 is 0 Å². The molecule has 0 unspecified atom stereocenters. The lowest BCUT2D eigenvalue weighted by atomic mass is 10.0. The Balaban J connectivity index is 2.25. The third-order valence-corrected chi connectivity index (χ3v) is 3.10. The molecule has 0 aliphatic rings. The molecule has 0 nitrogen and oxygen atoms in total. The van der Waals surface area contributed by atoms with E-state index in [0.717, 1.165) is 16.1 Å². The summed E-state index contributed by atoms with van der Waals surface area (Å²) >= 11 is 6.19. The van der Waals surface area contributed by atoms with Gasteiger partial charge < -0.3 is 0 Å². The Kier molecular flexibility index (Phi) is 4.22. The second-order valence-corrected chi connectivity index (χ2v) is 5.11. The van der Waals surface area contributed by atoms with Crippen molar-refractivity contribution in [2.75, 3.05) is 0 Å². The predicted molar refractivity (Wildman–Crippen MR) is 80.8 cm³/mol. The summed E-state index contributed by atoms with van der Waals surface area (Å²) in [6.07, 6.45) is 4.35. The first kappa shape index (κ1) is 12.9. The molecule has 0 saturated carbocycles. The number of allylic oxidation sites excluding steroid dienone is 1. The molecule has 0 radical (unpaired) electrons. The van der Waals surface area contributed by atoms with Crippen LogP contribution in [0.3, 0.4) is 0 Å². The summed E-state index contributed by atoms with van der Waals surface area (Å²) < 4.78 is 0. The number of hydrogen-bond donors (Lipinski definition) is 0. The van der Waals surface area contributed by atoms with Crippen LogP contribution in [0.15, 0.2) is 54.6 Å². The smallest absolute Gasteiger partial charge is 0.0484 e. The molecule has 92 valence electrons. The van der Waals surface area contributed by atoms with Crippen molar-refractivity contribution in [2.24, 2.45) is 5.92 Å². The highest BCUT2D eigenvalue weighted by molar-refractivity contribution is 6.33. The molecule has 0 aromatic heterocycles. The first-order valence-corrected chi connectivity index (χ1v) is 6.58. The van der Waals surface area contributed by atoms with Crippen molar-refractivity contribution in [2.45, 2.75) is 13.8 Å². The van der Waals surface area contributed by atoms with Crippen LogP contribution in [0.4, 0.5) is 0 Å². The van der Waals surface area contributed by atoms with E-state index in [-0.39, 0.29) is 0 Å². The third kappa shape index (κ3) is 3.24. The number of hydrogen-bond acceptors (Lipinski definition) is 0. The first-order valence-electron chi connectivity index (χ1n) is 6.20. The fourth-order valence-electron chi connectivity index (χ4n) is 1.77. The van der Waals surface area contributed by atoms with E-state index in [9.17, 15) is 0 Å². The van der Waals surface area contributed by atoms with Crippen LogP contribution in [0.25, 0.3) is 17.2 Å². The monoisotopic (exact) mass is 256 g/mol. The highest BCUT2D eigenvalue weighted by Gasteiger charge is 2.01. The second kappa shape index (κ2) is 5.88. The summed E-state index contributed by atoms with van der Waals surface area (Å²) in [7, 11) is 0. The van der Waals surface area contributed by atoms with E-state index in [2.05, 4.69) is 50.3 Å². The van der Waals surface area contributed by atoms with E-state index in [0.29, 0.717) is 5.92 Å². The van der Waals surface area contributed by atoms with Crippen molar-refractivity contribution in [1.82, 2.24) is 0 Å². The number of rotatable bonds is 3. The van der Waals surface area contributed by atoms with Gasteiger partial charge in [-0.2, -0.15) is 0 Å². The van der Waals surface area contributed by atoms with Gasteiger partial charge in [-0.05, 0) is 23.1 Å². The molecule has 1 heteroatoms. The number of halogens is 1. The molecule has 0 atom stereocenters. The van der Waals surface area contributed by atoms with Gasteiger partial charge in [0.25, 0.3) is 0 Å². The van der Waals surface area contributed by atoms with Crippen molar-refractivity contribution in [1.29, 1.82) is 0 Å². The van der Waals surface area contributed by atoms with Gasteiger partial charge in [0.2, 0.25) is 0 Å². The van der Waals surface area contributed by atoms with Crippen molar-refractivity contribution in [3.63, 3.8) is 0 Å². The Morgan fingerprint density at radius 2 is 1.61 bits per heavy atom. The SMILES string of the molecule is CC(C)/C=C/c1ccc(-c2ccccc2Cl)cc1. The van der Waals surface area contributed by atoms with Crippen LogP contribution in [0, 0.1) is 5.92 Å². The van der Waals surface area contributed by atoms with Crippen molar-refractivity contribution >= 4 is 17.7 Å². The standard InChI is InChI=1S/C17H17Cl/c1-13(2)7-8-14-9-11-15(12-10-14)16-5-3-4-6-17(16)18/h3-13H,1-2H3/b8-7+. The maximum atomic E-state index is 6.19. The van der Waals surface area contributed by atoms with Gasteiger partial charge in [0, 0.05) is 10.6 Å². The van der Waals surface area contributed by atoms with Crippen molar-refractivity contribution < 1.29 is 0 Å². The molecule has 2 aromatic rings. The molecule has 0 aliphatic heterocycles. The molecule has 0 saturated heterocycles. The van der Waals surface area contributed by atoms with Crippen LogP contribution >= 0.6 is 11.6 Å². The van der Waals surface area contributed by atoms with Crippen LogP contribution < -0.4 is 0 Å². The quantitative estimate of drug-likeness (QED) is 0.663. The van der Waals surface area contributed by atoms with E-state index < -0.39 is 0 Å². The molecule has 0 heterocycles. The van der Waals surface area contributed by atoms with Gasteiger partial charge in [-0.25, -0.2) is 0 Å². The minimum Gasteiger partial charge on any atom is -0.0837 e. The number of benzene rings is 2. The molecule has 0 fully saturated rings. The Bertz CT molecular complexity index is 536. The summed E-state index contributed by atoms with van der Waals surface area (Å²) in [5.41, 5.74) is 3.46. The molecule has 0 bridgehead atoms. The van der Waals surface area contributed by atoms with Gasteiger partial charge in [-0.15, -0.1) is 0 Å². The maximum Gasteiger partial charge on any atom is 0.0484 e. The lowest BCUT2D eigenvalue weighted by Crippen LogP contribution is -1.81. The zero-order valence-electron chi connectivity index (χ0n) is 10.7. The largest absolute Gasteiger partial charge is 0.0837 e. The summed E-state index contributed by atoms with van der Waals surface area (Å²) in [6, 6.07) is 16.4. The fourth-order valence-corrected chi connectivity index (χ4v) is 2.02. The highest BCUT2D eigenvalue weighted by Crippen LogP contribution is 2.27. The Morgan fingerprint density at radius 3 is 2.22 bits per heavy atom. The molecule has 0 aliphatic carbocycles. The zero-order valence-corrected chi connectivity index (χ0v) is 11.5. The van der Waals surface area contributed by atoms with Crippen molar-refractivity contribution in [3.8, 4) is 11.1 Å². The van der Waals surface area contributed by atoms with E-state index in [1.165, 1.54) is 5.56 Å². The van der Waals surface area contributed by atoms with Gasteiger partial charge in [0.05, 0.1) is 0 Å². The van der Waals surface area contributed by atoms with Gasteiger partial charge in [-0.1, -0.05) is 80.1 Å². The van der Waals surface area contributed by atoms with E-state index in [4.69, 9.17) is 11.6 Å². The topological polar surface area (TPSA) is 0 Å². The molecular weight excluding hydrogens is 240 g/mol. The van der Waals surface area contributed by atoms with Crippen LogP contribution in [0.1, 0.15) is 19.4 Å². The van der Waals surface area contributed by atoms with Gasteiger partial charge >= 0.3 is 0 Å². The van der Waals surface area contributed by atoms with Gasteiger partial charge in [0.1, 0.15) is 0 Å². The van der Waals surface area contributed by atoms with Crippen LogP contribution in [0.5, 0.6) is 0 Å². The van der Waals surface area contributed by atoms with Crippen LogP contribution in [0.2, 0.25) is 5.02 Å². The zero-order chi connectivity index (χ0) is 13.0. The predicted octanol–water partition coefficient (Wildman–Crippen LogP) is 5.68. The minimum atomic E-state index is 0.577. The normalized spacial score (nSPS) is 11.3. The Labute approximate surface area is 114 Å². The summed E-state index contributed by atoms with van der Waals surface area (Å²) in [5.74, 6) is 0.577. The lowest BCUT2D eigenvalue weighted by Gasteiger charge is -2.04. The molecular formula is C17H17Cl. The van der Waals surface area contributed by atoms with E-state index in [1.807, 2.05) is 24.3 Å². The van der Waals surface area contributed by atoms with Gasteiger partial charge in [0.15, 0.2) is 0 Å². The average molecular weight is 257 g/mol. The molecule has 18 heavy (non-hydrogen) atoms. The second-order valence-electron chi connectivity index (χ2n) is 4.70. The average Bonchev–Trinajstić information content (AvgIpc) is 2.38. The van der Waals surface area contributed by atoms with Crippen LogP contribution in [-0.2, 0) is 0 Å². The summed E-state index contributed by atoms with van der Waals surface area (Å²) in [5, 5.41) is 0.794. The molecule has 0 amide bonds. The lowest BCUT2D eigenvalue weighted by molar-refractivity contribution is 0.836. The first-order chi connectivity index (χ1) is 8.66. The Hall–Kier alpha value is -1.53. The van der Waals surface area contributed by atoms with E-state index in [1.54, 1.807) is 0 Å². The molecule has 0 spiro atoms. The third-order valence-electron chi connectivity index (χ3n) is 2.77. The summed E-state index contributed by atoms with van der Waals surface area (Å²) in [6.45, 7) is 4.35. The Morgan fingerprint density at radius 1 is 0.944 bits per heavy atom. The minimum absolute atomic E-state index is 0.577. The molecule has 2 rings (SSSR count). The molecule has 2 aromatic carbocycles. The highest BCUT2D eigenvalue weighted by atomic mass is 35.5. The van der Waals surface area contributed by atoms with Gasteiger partial charge in [-0.3, -0.25) is 0 Å². The van der Waals surface area contributed by atoms with Crippen LogP contribution in [-0.4, -0.2) is 0 Å². The maximum absolute atomic E-state index is 6.19.